The van der Waals surface area contributed by atoms with E-state index < -0.39 is 18.1 Å². The van der Waals surface area contributed by atoms with Crippen molar-refractivity contribution >= 4 is 28.7 Å². The molecule has 192 valence electrons. The van der Waals surface area contributed by atoms with Crippen LogP contribution in [-0.4, -0.2) is 63.7 Å². The number of rotatable bonds is 8. The number of benzene rings is 1. The van der Waals surface area contributed by atoms with Crippen LogP contribution in [0.1, 0.15) is 39.7 Å². The van der Waals surface area contributed by atoms with Crippen molar-refractivity contribution in [2.24, 2.45) is 11.7 Å². The number of hydrogen-bond acceptors (Lipinski definition) is 8. The molecule has 3 unspecified atom stereocenters. The van der Waals surface area contributed by atoms with Gasteiger partial charge in [0.15, 0.2) is 0 Å². The van der Waals surface area contributed by atoms with Crippen molar-refractivity contribution in [2.45, 2.75) is 51.7 Å². The van der Waals surface area contributed by atoms with Gasteiger partial charge < -0.3 is 30.4 Å². The second-order valence-corrected chi connectivity index (χ2v) is 9.20. The number of ether oxygens (including phenoxy) is 2. The van der Waals surface area contributed by atoms with Crippen molar-refractivity contribution in [1.29, 1.82) is 0 Å². The number of anilines is 1. The number of amides is 1. The zero-order chi connectivity index (χ0) is 26.0. The predicted molar refractivity (Wildman–Crippen MR) is 137 cm³/mol. The molecule has 0 bridgehead atoms. The van der Waals surface area contributed by atoms with Crippen molar-refractivity contribution in [3.05, 3.63) is 36.8 Å². The monoisotopic (exact) mass is 494 g/mol. The molecular weight excluding hydrogens is 460 g/mol. The number of nitrogen functional groups attached to an aromatic ring is 1. The average Bonchev–Trinajstić information content (AvgIpc) is 3.50. The normalized spacial score (nSPS) is 19.3. The molecule has 0 aliphatic carbocycles. The summed E-state index contributed by atoms with van der Waals surface area (Å²) in [6.45, 7) is 6.22. The fourth-order valence-electron chi connectivity index (χ4n) is 4.79. The quantitative estimate of drug-likeness (QED) is 0.456. The minimum Gasteiger partial charge on any atom is -0.497 e. The van der Waals surface area contributed by atoms with Gasteiger partial charge in [-0.1, -0.05) is 32.4 Å². The van der Waals surface area contributed by atoms with Gasteiger partial charge in [-0.25, -0.2) is 14.8 Å². The molecule has 3 heterocycles. The minimum absolute atomic E-state index is 0.0129. The summed E-state index contributed by atoms with van der Waals surface area (Å²) in [6.07, 6.45) is 4.53. The Balaban J connectivity index is 1.76. The number of nitrogens with zero attached hydrogens (tertiary/aromatic N) is 4. The summed E-state index contributed by atoms with van der Waals surface area (Å²) in [5.41, 5.74) is 15.0. The van der Waals surface area contributed by atoms with Gasteiger partial charge in [0.25, 0.3) is 0 Å². The number of likely N-dealkylation sites (tertiary alicyclic amines) is 1. The highest BCUT2D eigenvalue weighted by Crippen LogP contribution is 2.38. The molecule has 0 saturated carbocycles. The van der Waals surface area contributed by atoms with Crippen molar-refractivity contribution in [1.82, 2.24) is 19.4 Å². The third-order valence-electron chi connectivity index (χ3n) is 7.10. The molecule has 10 nitrogen and oxygen atoms in total. The summed E-state index contributed by atoms with van der Waals surface area (Å²) in [5, 5.41) is 0.719. The molecule has 1 fully saturated rings. The lowest BCUT2D eigenvalue weighted by atomic mass is 9.98. The van der Waals surface area contributed by atoms with E-state index in [1.165, 1.54) is 6.33 Å². The van der Waals surface area contributed by atoms with Gasteiger partial charge in [0.1, 0.15) is 29.6 Å². The van der Waals surface area contributed by atoms with Crippen LogP contribution < -0.4 is 16.2 Å². The van der Waals surface area contributed by atoms with Crippen LogP contribution in [0.2, 0.25) is 0 Å². The fraction of sp³-hybridized carbons (Fsp3) is 0.462. The lowest BCUT2D eigenvalue weighted by Crippen LogP contribution is -2.51. The van der Waals surface area contributed by atoms with E-state index in [1.54, 1.807) is 18.9 Å². The first-order chi connectivity index (χ1) is 17.3. The van der Waals surface area contributed by atoms with Gasteiger partial charge in [-0.3, -0.25) is 4.79 Å². The van der Waals surface area contributed by atoms with Crippen LogP contribution in [0.25, 0.3) is 22.2 Å². The lowest BCUT2D eigenvalue weighted by Gasteiger charge is -2.28. The number of carbonyl (C=O) groups excluding carboxylic acids is 2. The molecule has 10 heteroatoms. The van der Waals surface area contributed by atoms with Gasteiger partial charge in [0, 0.05) is 24.7 Å². The van der Waals surface area contributed by atoms with Crippen molar-refractivity contribution in [3.8, 4) is 16.9 Å². The lowest BCUT2D eigenvalue weighted by molar-refractivity contribution is -0.153. The Labute approximate surface area is 210 Å². The minimum atomic E-state index is -0.723. The van der Waals surface area contributed by atoms with E-state index >= 15 is 0 Å². The number of aromatic nitrogens is 3. The van der Waals surface area contributed by atoms with Crippen molar-refractivity contribution in [3.63, 3.8) is 0 Å². The number of carbonyl (C=O) groups is 2. The summed E-state index contributed by atoms with van der Waals surface area (Å²) < 4.78 is 12.6. The van der Waals surface area contributed by atoms with E-state index in [4.69, 9.17) is 20.9 Å². The van der Waals surface area contributed by atoms with Crippen LogP contribution in [0.3, 0.4) is 0 Å². The summed E-state index contributed by atoms with van der Waals surface area (Å²) in [5.74, 6) is 0.417. The number of esters is 1. The molecule has 1 aliphatic rings. The molecule has 1 saturated heterocycles. The van der Waals surface area contributed by atoms with Gasteiger partial charge in [0.05, 0.1) is 31.2 Å². The Bertz CT molecular complexity index is 1240. The zero-order valence-corrected chi connectivity index (χ0v) is 21.2. The Morgan fingerprint density at radius 3 is 2.56 bits per heavy atom. The first kappa shape index (κ1) is 25.4. The van der Waals surface area contributed by atoms with Crippen LogP contribution in [0.15, 0.2) is 36.8 Å². The Hall–Kier alpha value is -3.66. The molecule has 4 atom stereocenters. The summed E-state index contributed by atoms with van der Waals surface area (Å²) in [6, 6.07) is 6.00. The smallest absolute Gasteiger partial charge is 0.328 e. The van der Waals surface area contributed by atoms with Crippen LogP contribution in [0.4, 0.5) is 5.82 Å². The second kappa shape index (κ2) is 10.5. The second-order valence-electron chi connectivity index (χ2n) is 9.20. The van der Waals surface area contributed by atoms with Crippen LogP contribution in [-0.2, 0) is 14.3 Å². The van der Waals surface area contributed by atoms with Gasteiger partial charge in [0.2, 0.25) is 5.91 Å². The maximum atomic E-state index is 13.4. The van der Waals surface area contributed by atoms with Gasteiger partial charge >= 0.3 is 5.97 Å². The van der Waals surface area contributed by atoms with Gasteiger partial charge in [-0.2, -0.15) is 0 Å². The van der Waals surface area contributed by atoms with Gasteiger partial charge in [-0.05, 0) is 30.5 Å². The molecule has 2 aromatic heterocycles. The molecule has 1 amide bonds. The summed E-state index contributed by atoms with van der Waals surface area (Å²) in [7, 11) is 1.62. The Morgan fingerprint density at radius 1 is 1.19 bits per heavy atom. The molecule has 36 heavy (non-hydrogen) atoms. The number of fused-ring (bicyclic) bond motifs is 1. The molecule has 1 aromatic carbocycles. The molecule has 4 rings (SSSR count). The van der Waals surface area contributed by atoms with E-state index in [1.807, 2.05) is 48.9 Å². The molecule has 1 aliphatic heterocycles. The maximum Gasteiger partial charge on any atom is 0.328 e. The first-order valence-electron chi connectivity index (χ1n) is 12.3. The third-order valence-corrected chi connectivity index (χ3v) is 7.10. The molecule has 0 radical (unpaired) electrons. The van der Waals surface area contributed by atoms with Crippen LogP contribution in [0.5, 0.6) is 5.75 Å². The Kier molecular flexibility index (Phi) is 7.44. The van der Waals surface area contributed by atoms with Crippen molar-refractivity contribution in [2.75, 3.05) is 26.0 Å². The highest BCUT2D eigenvalue weighted by Gasteiger charge is 2.43. The van der Waals surface area contributed by atoms with Gasteiger partial charge in [-0.15, -0.1) is 0 Å². The third kappa shape index (κ3) is 4.60. The van der Waals surface area contributed by atoms with E-state index in [9.17, 15) is 9.59 Å². The number of hydrogen-bond donors (Lipinski definition) is 2. The zero-order valence-electron chi connectivity index (χ0n) is 21.2. The number of methoxy groups -OCH3 is 1. The largest absolute Gasteiger partial charge is 0.497 e. The van der Waals surface area contributed by atoms with Crippen LogP contribution >= 0.6 is 0 Å². The standard InChI is InChI=1S/C26H34N6O4/c1-5-15(3)22(27)25(33)32-12-17(11-20(32)26(34)36-6-2)31-13-19(16-7-9-18(35-4)10-8-16)21-23(28)29-14-30-24(21)31/h7-10,13-15,17,20,22H,5-6,11-12,27H2,1-4H3,(H2,28,29,30)/t15?,17?,20-,22?/m0/s1. The molecule has 3 aromatic rings. The Morgan fingerprint density at radius 2 is 1.92 bits per heavy atom. The first-order valence-corrected chi connectivity index (χ1v) is 12.3. The highest BCUT2D eigenvalue weighted by atomic mass is 16.5. The predicted octanol–water partition coefficient (Wildman–Crippen LogP) is 2.77. The molecule has 0 spiro atoms. The maximum absolute atomic E-state index is 13.4. The van der Waals surface area contributed by atoms with Crippen LogP contribution in [0, 0.1) is 5.92 Å². The molecular formula is C26H34N6O4. The van der Waals surface area contributed by atoms with E-state index in [0.717, 1.165) is 28.7 Å². The summed E-state index contributed by atoms with van der Waals surface area (Å²) in [4.78, 5) is 36.6. The van der Waals surface area contributed by atoms with Crippen molar-refractivity contribution < 1.29 is 19.1 Å². The topological polar surface area (TPSA) is 139 Å². The highest BCUT2D eigenvalue weighted by molar-refractivity contribution is 6.00. The van der Waals surface area contributed by atoms with E-state index in [0.29, 0.717) is 24.4 Å². The molecule has 4 N–H and O–H groups in total. The SMILES string of the molecule is CCOC(=O)[C@@H]1CC(n2cc(-c3ccc(OC)cc3)c3c(N)ncnc32)CN1C(=O)C(N)C(C)CC. The number of nitrogens with two attached hydrogens (primary N) is 2. The average molecular weight is 495 g/mol. The summed E-state index contributed by atoms with van der Waals surface area (Å²) >= 11 is 0. The van der Waals surface area contributed by atoms with E-state index in [-0.39, 0.29) is 24.5 Å². The fourth-order valence-corrected chi connectivity index (χ4v) is 4.79. The van der Waals surface area contributed by atoms with E-state index in [2.05, 4.69) is 9.97 Å².